The summed E-state index contributed by atoms with van der Waals surface area (Å²) in [5, 5.41) is 3.43. The minimum Gasteiger partial charge on any atom is -0.489 e. The van der Waals surface area contributed by atoms with Crippen molar-refractivity contribution in [3.63, 3.8) is 0 Å². The standard InChI is InChI=1S/C22H22FNO/c23-21-12-10-18(11-13-21)14-15-24-16-20-8-4-5-9-22(20)25-17-19-6-2-1-3-7-19/h1-13,24H,14-17H2. The summed E-state index contributed by atoms with van der Waals surface area (Å²) in [6.45, 7) is 2.14. The zero-order valence-corrected chi connectivity index (χ0v) is 14.1. The van der Waals surface area contributed by atoms with E-state index in [1.807, 2.05) is 48.5 Å². The molecule has 0 saturated heterocycles. The Labute approximate surface area is 148 Å². The molecular weight excluding hydrogens is 313 g/mol. The fraction of sp³-hybridized carbons (Fsp3) is 0.182. The van der Waals surface area contributed by atoms with Gasteiger partial charge in [0.05, 0.1) is 0 Å². The molecule has 0 amide bonds. The largest absolute Gasteiger partial charge is 0.489 e. The van der Waals surface area contributed by atoms with Crippen LogP contribution in [0, 0.1) is 5.82 Å². The van der Waals surface area contributed by atoms with Gasteiger partial charge in [-0.3, -0.25) is 0 Å². The summed E-state index contributed by atoms with van der Waals surface area (Å²) in [7, 11) is 0. The molecule has 0 aromatic heterocycles. The first-order valence-electron chi connectivity index (χ1n) is 8.51. The predicted molar refractivity (Wildman–Crippen MR) is 99.0 cm³/mol. The van der Waals surface area contributed by atoms with Crippen LogP contribution in [0.2, 0.25) is 0 Å². The monoisotopic (exact) mass is 335 g/mol. The van der Waals surface area contributed by atoms with Crippen LogP contribution in [0.4, 0.5) is 4.39 Å². The van der Waals surface area contributed by atoms with Crippen LogP contribution in [0.5, 0.6) is 5.75 Å². The summed E-state index contributed by atoms with van der Waals surface area (Å²) in [6.07, 6.45) is 0.868. The number of rotatable bonds is 8. The van der Waals surface area contributed by atoms with Gasteiger partial charge in [-0.1, -0.05) is 60.7 Å². The Kier molecular flexibility index (Phi) is 6.18. The Morgan fingerprint density at radius 2 is 1.48 bits per heavy atom. The highest BCUT2D eigenvalue weighted by molar-refractivity contribution is 5.33. The van der Waals surface area contributed by atoms with Crippen LogP contribution in [0.15, 0.2) is 78.9 Å². The smallest absolute Gasteiger partial charge is 0.124 e. The highest BCUT2D eigenvalue weighted by atomic mass is 19.1. The Balaban J connectivity index is 1.49. The minimum atomic E-state index is -0.193. The summed E-state index contributed by atoms with van der Waals surface area (Å²) in [5.41, 5.74) is 3.42. The van der Waals surface area contributed by atoms with Gasteiger partial charge in [0.2, 0.25) is 0 Å². The first-order chi connectivity index (χ1) is 12.3. The van der Waals surface area contributed by atoms with E-state index in [4.69, 9.17) is 4.74 Å². The molecule has 25 heavy (non-hydrogen) atoms. The summed E-state index contributed by atoms with van der Waals surface area (Å²) in [6, 6.07) is 24.9. The van der Waals surface area contributed by atoms with Gasteiger partial charge in [-0.05, 0) is 42.3 Å². The molecule has 0 aliphatic rings. The van der Waals surface area contributed by atoms with Crippen molar-refractivity contribution in [1.82, 2.24) is 5.32 Å². The van der Waals surface area contributed by atoms with Gasteiger partial charge in [-0.2, -0.15) is 0 Å². The highest BCUT2D eigenvalue weighted by Crippen LogP contribution is 2.19. The Morgan fingerprint density at radius 1 is 0.760 bits per heavy atom. The van der Waals surface area contributed by atoms with E-state index < -0.39 is 0 Å². The fourth-order valence-electron chi connectivity index (χ4n) is 2.63. The molecule has 0 radical (unpaired) electrons. The number of hydrogen-bond acceptors (Lipinski definition) is 2. The quantitative estimate of drug-likeness (QED) is 0.601. The number of halogens is 1. The van der Waals surface area contributed by atoms with Crippen molar-refractivity contribution in [3.8, 4) is 5.75 Å². The molecule has 1 N–H and O–H groups in total. The number of benzene rings is 3. The molecule has 0 aliphatic heterocycles. The van der Waals surface area contributed by atoms with Crippen LogP contribution in [-0.2, 0) is 19.6 Å². The third-order valence-corrected chi connectivity index (χ3v) is 4.03. The average molecular weight is 335 g/mol. The summed E-state index contributed by atoms with van der Waals surface area (Å²) in [5.74, 6) is 0.710. The van der Waals surface area contributed by atoms with Crippen LogP contribution >= 0.6 is 0 Å². The lowest BCUT2D eigenvalue weighted by atomic mass is 10.1. The fourth-order valence-corrected chi connectivity index (χ4v) is 2.63. The third-order valence-electron chi connectivity index (χ3n) is 4.03. The highest BCUT2D eigenvalue weighted by Gasteiger charge is 2.03. The molecule has 0 fully saturated rings. The van der Waals surface area contributed by atoms with Gasteiger partial charge >= 0.3 is 0 Å². The Bertz CT molecular complexity index is 772. The number of ether oxygens (including phenoxy) is 1. The normalized spacial score (nSPS) is 10.6. The van der Waals surface area contributed by atoms with E-state index in [0.717, 1.165) is 42.0 Å². The number of hydrogen-bond donors (Lipinski definition) is 1. The molecule has 0 heterocycles. The lowest BCUT2D eigenvalue weighted by molar-refractivity contribution is 0.302. The van der Waals surface area contributed by atoms with Crippen LogP contribution in [0.25, 0.3) is 0 Å². The lowest BCUT2D eigenvalue weighted by Crippen LogP contribution is -2.17. The van der Waals surface area contributed by atoms with Crippen LogP contribution < -0.4 is 10.1 Å². The van der Waals surface area contributed by atoms with Crippen molar-refractivity contribution >= 4 is 0 Å². The molecule has 0 bridgehead atoms. The molecule has 0 unspecified atom stereocenters. The van der Waals surface area contributed by atoms with Gasteiger partial charge in [0, 0.05) is 12.1 Å². The summed E-state index contributed by atoms with van der Waals surface area (Å²) < 4.78 is 18.9. The van der Waals surface area contributed by atoms with E-state index in [1.54, 1.807) is 0 Å². The molecule has 0 saturated carbocycles. The number of para-hydroxylation sites is 1. The molecule has 3 heteroatoms. The minimum absolute atomic E-state index is 0.193. The second kappa shape index (κ2) is 9.00. The average Bonchev–Trinajstić information content (AvgIpc) is 2.66. The van der Waals surface area contributed by atoms with Gasteiger partial charge in [-0.15, -0.1) is 0 Å². The molecule has 0 spiro atoms. The Hall–Kier alpha value is -2.65. The molecular formula is C22H22FNO. The molecule has 3 rings (SSSR count). The van der Waals surface area contributed by atoms with Crippen molar-refractivity contribution in [2.75, 3.05) is 6.54 Å². The lowest BCUT2D eigenvalue weighted by Gasteiger charge is -2.12. The molecule has 0 aliphatic carbocycles. The molecule has 3 aromatic carbocycles. The first kappa shape index (κ1) is 17.2. The number of nitrogens with one attached hydrogen (secondary N) is 1. The van der Waals surface area contributed by atoms with Crippen LogP contribution in [0.1, 0.15) is 16.7 Å². The molecule has 3 aromatic rings. The molecule has 128 valence electrons. The second-order valence-corrected chi connectivity index (χ2v) is 5.94. The van der Waals surface area contributed by atoms with Gasteiger partial charge in [0.15, 0.2) is 0 Å². The maximum atomic E-state index is 12.9. The summed E-state index contributed by atoms with van der Waals surface area (Å²) >= 11 is 0. The molecule has 2 nitrogen and oxygen atoms in total. The van der Waals surface area contributed by atoms with Crippen molar-refractivity contribution in [3.05, 3.63) is 101 Å². The van der Waals surface area contributed by atoms with Crippen molar-refractivity contribution in [1.29, 1.82) is 0 Å². The van der Waals surface area contributed by atoms with Crippen molar-refractivity contribution in [2.24, 2.45) is 0 Å². The van der Waals surface area contributed by atoms with E-state index >= 15 is 0 Å². The first-order valence-corrected chi connectivity index (χ1v) is 8.51. The SMILES string of the molecule is Fc1ccc(CCNCc2ccccc2OCc2ccccc2)cc1. The third kappa shape index (κ3) is 5.44. The summed E-state index contributed by atoms with van der Waals surface area (Å²) in [4.78, 5) is 0. The van der Waals surface area contributed by atoms with E-state index in [-0.39, 0.29) is 5.82 Å². The second-order valence-electron chi connectivity index (χ2n) is 5.94. The van der Waals surface area contributed by atoms with E-state index in [9.17, 15) is 4.39 Å². The van der Waals surface area contributed by atoms with Gasteiger partial charge in [0.25, 0.3) is 0 Å². The van der Waals surface area contributed by atoms with Crippen molar-refractivity contribution in [2.45, 2.75) is 19.6 Å². The van der Waals surface area contributed by atoms with E-state index in [1.165, 1.54) is 12.1 Å². The van der Waals surface area contributed by atoms with Crippen LogP contribution in [-0.4, -0.2) is 6.54 Å². The predicted octanol–water partition coefficient (Wildman–Crippen LogP) is 4.74. The maximum absolute atomic E-state index is 12.9. The molecule has 0 atom stereocenters. The van der Waals surface area contributed by atoms with E-state index in [0.29, 0.717) is 6.61 Å². The van der Waals surface area contributed by atoms with E-state index in [2.05, 4.69) is 23.5 Å². The van der Waals surface area contributed by atoms with Crippen molar-refractivity contribution < 1.29 is 9.13 Å². The van der Waals surface area contributed by atoms with Gasteiger partial charge in [0.1, 0.15) is 18.2 Å². The maximum Gasteiger partial charge on any atom is 0.124 e. The van der Waals surface area contributed by atoms with Gasteiger partial charge in [-0.25, -0.2) is 4.39 Å². The zero-order chi connectivity index (χ0) is 17.3. The van der Waals surface area contributed by atoms with Gasteiger partial charge < -0.3 is 10.1 Å². The zero-order valence-electron chi connectivity index (χ0n) is 14.1. The van der Waals surface area contributed by atoms with Crippen LogP contribution in [0.3, 0.4) is 0 Å². The topological polar surface area (TPSA) is 21.3 Å². The Morgan fingerprint density at radius 3 is 2.28 bits per heavy atom.